The maximum absolute atomic E-state index is 4.29. The van der Waals surface area contributed by atoms with Crippen LogP contribution >= 0.6 is 0 Å². The molecule has 1 aromatic heterocycles. The molecule has 0 bridgehead atoms. The second-order valence-corrected chi connectivity index (χ2v) is 3.30. The molecule has 1 heteroatoms. The second-order valence-electron chi connectivity index (χ2n) is 3.30. The number of rotatable bonds is 0. The van der Waals surface area contributed by atoms with E-state index in [1.165, 1.54) is 36.8 Å². The molecule has 0 atom stereocenters. The van der Waals surface area contributed by atoms with Crippen molar-refractivity contribution < 1.29 is 0 Å². The van der Waals surface area contributed by atoms with Crippen LogP contribution in [0.25, 0.3) is 0 Å². The van der Waals surface area contributed by atoms with Gasteiger partial charge in [0.05, 0.1) is 0 Å². The van der Waals surface area contributed by atoms with Crippen LogP contribution in [0.3, 0.4) is 0 Å². The van der Waals surface area contributed by atoms with E-state index < -0.39 is 0 Å². The average molecular weight is 147 g/mol. The van der Waals surface area contributed by atoms with E-state index in [0.717, 1.165) is 5.69 Å². The highest BCUT2D eigenvalue weighted by Crippen LogP contribution is 2.20. The summed E-state index contributed by atoms with van der Waals surface area (Å²) in [7, 11) is 0. The van der Waals surface area contributed by atoms with Crippen LogP contribution in [0, 0.1) is 6.92 Å². The van der Waals surface area contributed by atoms with Gasteiger partial charge in [0.25, 0.3) is 0 Å². The van der Waals surface area contributed by atoms with Crippen LogP contribution < -0.4 is 0 Å². The standard InChI is InChI=1S/C10H13N/c1-8-6-9-4-2-3-5-10(9)7-11-8/h6-7H,2-5H2,1H3. The zero-order valence-corrected chi connectivity index (χ0v) is 6.93. The third-order valence-electron chi connectivity index (χ3n) is 2.36. The van der Waals surface area contributed by atoms with Crippen LogP contribution in [0.5, 0.6) is 0 Å². The van der Waals surface area contributed by atoms with Gasteiger partial charge in [-0.15, -0.1) is 0 Å². The van der Waals surface area contributed by atoms with E-state index in [1.54, 1.807) is 0 Å². The molecule has 58 valence electrons. The first kappa shape index (κ1) is 6.84. The van der Waals surface area contributed by atoms with Gasteiger partial charge in [-0.25, -0.2) is 0 Å². The van der Waals surface area contributed by atoms with Gasteiger partial charge in [-0.3, -0.25) is 4.98 Å². The van der Waals surface area contributed by atoms with Gasteiger partial charge >= 0.3 is 0 Å². The predicted molar refractivity (Wildman–Crippen MR) is 45.6 cm³/mol. The van der Waals surface area contributed by atoms with E-state index in [4.69, 9.17) is 0 Å². The molecule has 1 nitrogen and oxygen atoms in total. The van der Waals surface area contributed by atoms with Crippen molar-refractivity contribution in [2.45, 2.75) is 32.6 Å². The Hall–Kier alpha value is -0.850. The van der Waals surface area contributed by atoms with Gasteiger partial charge in [-0.1, -0.05) is 0 Å². The fourth-order valence-electron chi connectivity index (χ4n) is 1.73. The topological polar surface area (TPSA) is 12.9 Å². The molecular formula is C10H13N. The first-order chi connectivity index (χ1) is 5.36. The van der Waals surface area contributed by atoms with Crippen molar-refractivity contribution in [3.8, 4) is 0 Å². The molecule has 0 spiro atoms. The summed E-state index contributed by atoms with van der Waals surface area (Å²) in [5.41, 5.74) is 4.16. The molecule has 1 aromatic rings. The molecule has 11 heavy (non-hydrogen) atoms. The molecule has 0 radical (unpaired) electrons. The van der Waals surface area contributed by atoms with Gasteiger partial charge in [0.2, 0.25) is 0 Å². The maximum Gasteiger partial charge on any atom is 0.0375 e. The minimum atomic E-state index is 1.16. The van der Waals surface area contributed by atoms with Crippen LogP contribution in [-0.2, 0) is 12.8 Å². The van der Waals surface area contributed by atoms with Gasteiger partial charge < -0.3 is 0 Å². The predicted octanol–water partition coefficient (Wildman–Crippen LogP) is 2.27. The lowest BCUT2D eigenvalue weighted by atomic mass is 9.93. The molecule has 2 rings (SSSR count). The number of pyridine rings is 1. The fraction of sp³-hybridized carbons (Fsp3) is 0.500. The van der Waals surface area contributed by atoms with Crippen LogP contribution in [-0.4, -0.2) is 4.98 Å². The summed E-state index contributed by atoms with van der Waals surface area (Å²) in [4.78, 5) is 4.29. The Balaban J connectivity index is 2.43. The molecule has 0 amide bonds. The number of hydrogen-bond acceptors (Lipinski definition) is 1. The zero-order valence-electron chi connectivity index (χ0n) is 6.93. The first-order valence-electron chi connectivity index (χ1n) is 4.30. The molecule has 1 aliphatic carbocycles. The molecule has 0 unspecified atom stereocenters. The van der Waals surface area contributed by atoms with Crippen molar-refractivity contribution in [2.75, 3.05) is 0 Å². The zero-order chi connectivity index (χ0) is 7.68. The normalized spacial score (nSPS) is 16.1. The van der Waals surface area contributed by atoms with Gasteiger partial charge in [-0.05, 0) is 49.8 Å². The van der Waals surface area contributed by atoms with Crippen molar-refractivity contribution in [1.29, 1.82) is 0 Å². The quantitative estimate of drug-likeness (QED) is 0.548. The lowest BCUT2D eigenvalue weighted by Gasteiger charge is -2.14. The van der Waals surface area contributed by atoms with Crippen LogP contribution in [0.2, 0.25) is 0 Å². The number of nitrogens with zero attached hydrogens (tertiary/aromatic N) is 1. The van der Waals surface area contributed by atoms with Crippen molar-refractivity contribution in [3.05, 3.63) is 29.1 Å². The lowest BCUT2D eigenvalue weighted by Crippen LogP contribution is -2.03. The van der Waals surface area contributed by atoms with Gasteiger partial charge in [0.15, 0.2) is 0 Å². The molecule has 0 aliphatic heterocycles. The van der Waals surface area contributed by atoms with Crippen LogP contribution in [0.1, 0.15) is 29.7 Å². The largest absolute Gasteiger partial charge is 0.261 e. The Morgan fingerprint density at radius 1 is 1.18 bits per heavy atom. The molecular weight excluding hydrogens is 134 g/mol. The molecule has 0 fully saturated rings. The smallest absolute Gasteiger partial charge is 0.0375 e. The number of aryl methyl sites for hydroxylation is 3. The second kappa shape index (κ2) is 2.65. The molecule has 1 heterocycles. The summed E-state index contributed by atoms with van der Waals surface area (Å²) in [6, 6.07) is 2.23. The summed E-state index contributed by atoms with van der Waals surface area (Å²) in [5, 5.41) is 0. The minimum absolute atomic E-state index is 1.16. The SMILES string of the molecule is Cc1cc2c(cn1)CCCC2. The first-order valence-corrected chi connectivity index (χ1v) is 4.30. The third kappa shape index (κ3) is 1.28. The Kier molecular flexibility index (Phi) is 1.65. The van der Waals surface area contributed by atoms with Crippen molar-refractivity contribution in [2.24, 2.45) is 0 Å². The van der Waals surface area contributed by atoms with E-state index in [2.05, 4.69) is 18.0 Å². The molecule has 0 saturated carbocycles. The molecule has 1 aliphatic rings. The van der Waals surface area contributed by atoms with Gasteiger partial charge in [0.1, 0.15) is 0 Å². The Bertz CT molecular complexity index is 266. The molecule has 0 N–H and O–H groups in total. The van der Waals surface area contributed by atoms with Crippen molar-refractivity contribution >= 4 is 0 Å². The van der Waals surface area contributed by atoms with E-state index in [1.807, 2.05) is 6.20 Å². The average Bonchev–Trinajstić information content (AvgIpc) is 2.04. The van der Waals surface area contributed by atoms with Crippen molar-refractivity contribution in [1.82, 2.24) is 4.98 Å². The van der Waals surface area contributed by atoms with E-state index in [0.29, 0.717) is 0 Å². The minimum Gasteiger partial charge on any atom is -0.261 e. The Labute approximate surface area is 67.5 Å². The fourth-order valence-corrected chi connectivity index (χ4v) is 1.73. The Morgan fingerprint density at radius 2 is 1.91 bits per heavy atom. The van der Waals surface area contributed by atoms with E-state index in [-0.39, 0.29) is 0 Å². The highest BCUT2D eigenvalue weighted by atomic mass is 14.7. The summed E-state index contributed by atoms with van der Waals surface area (Å²) < 4.78 is 0. The molecule has 0 saturated heterocycles. The summed E-state index contributed by atoms with van der Waals surface area (Å²) in [6.07, 6.45) is 7.25. The van der Waals surface area contributed by atoms with Gasteiger partial charge in [-0.2, -0.15) is 0 Å². The van der Waals surface area contributed by atoms with Gasteiger partial charge in [0, 0.05) is 11.9 Å². The number of hydrogen-bond donors (Lipinski definition) is 0. The number of fused-ring (bicyclic) bond motifs is 1. The maximum atomic E-state index is 4.29. The molecule has 0 aromatic carbocycles. The van der Waals surface area contributed by atoms with E-state index in [9.17, 15) is 0 Å². The Morgan fingerprint density at radius 3 is 2.73 bits per heavy atom. The van der Waals surface area contributed by atoms with E-state index >= 15 is 0 Å². The summed E-state index contributed by atoms with van der Waals surface area (Å²) in [5.74, 6) is 0. The monoisotopic (exact) mass is 147 g/mol. The van der Waals surface area contributed by atoms with Crippen molar-refractivity contribution in [3.63, 3.8) is 0 Å². The summed E-state index contributed by atoms with van der Waals surface area (Å²) >= 11 is 0. The van der Waals surface area contributed by atoms with Crippen LogP contribution in [0.15, 0.2) is 12.3 Å². The lowest BCUT2D eigenvalue weighted by molar-refractivity contribution is 0.680. The summed E-state index contributed by atoms with van der Waals surface area (Å²) in [6.45, 7) is 2.06. The third-order valence-corrected chi connectivity index (χ3v) is 2.36. The highest BCUT2D eigenvalue weighted by Gasteiger charge is 2.08. The van der Waals surface area contributed by atoms with Crippen LogP contribution in [0.4, 0.5) is 0 Å². The highest BCUT2D eigenvalue weighted by molar-refractivity contribution is 5.28. The number of aromatic nitrogens is 1.